The van der Waals surface area contributed by atoms with E-state index in [2.05, 4.69) is 19.9 Å². The first-order valence-corrected chi connectivity index (χ1v) is 6.27. The zero-order valence-electron chi connectivity index (χ0n) is 10.7. The number of nitrogens with one attached hydrogen (secondary N) is 2. The van der Waals surface area contributed by atoms with Crippen molar-refractivity contribution in [3.8, 4) is 17.5 Å². The molecule has 21 heavy (non-hydrogen) atoms. The van der Waals surface area contributed by atoms with E-state index >= 15 is 0 Å². The van der Waals surface area contributed by atoms with Gasteiger partial charge in [0.2, 0.25) is 0 Å². The van der Waals surface area contributed by atoms with E-state index in [0.717, 1.165) is 16.6 Å². The fourth-order valence-corrected chi connectivity index (χ4v) is 2.34. The lowest BCUT2D eigenvalue weighted by atomic mass is 10.1. The van der Waals surface area contributed by atoms with Crippen LogP contribution in [0, 0.1) is 17.1 Å². The maximum Gasteiger partial charge on any atom is 0.141 e. The predicted octanol–water partition coefficient (Wildman–Crippen LogP) is 3.12. The molecule has 0 aliphatic heterocycles. The van der Waals surface area contributed by atoms with E-state index in [0.29, 0.717) is 16.9 Å². The number of hydrogen-bond donors (Lipinski definition) is 2. The first-order chi connectivity index (χ1) is 10.2. The molecule has 0 saturated carbocycles. The number of H-pyrrole nitrogens is 2. The van der Waals surface area contributed by atoms with E-state index in [1.807, 2.05) is 18.2 Å². The molecule has 0 atom stereocenters. The SMILES string of the molecule is N#Cc1ccc(-c2nc3cc4nc[nH]c4cc3[nH]2)c(F)c1. The van der Waals surface area contributed by atoms with E-state index in [-0.39, 0.29) is 5.56 Å². The van der Waals surface area contributed by atoms with Crippen molar-refractivity contribution in [3.63, 3.8) is 0 Å². The molecule has 2 aromatic carbocycles. The van der Waals surface area contributed by atoms with Gasteiger partial charge in [0.05, 0.1) is 45.6 Å². The van der Waals surface area contributed by atoms with Crippen LogP contribution in [0.4, 0.5) is 4.39 Å². The Labute approximate surface area is 118 Å². The highest BCUT2D eigenvalue weighted by Crippen LogP contribution is 2.25. The van der Waals surface area contributed by atoms with Crippen LogP contribution in [0.25, 0.3) is 33.5 Å². The molecule has 0 radical (unpaired) electrons. The van der Waals surface area contributed by atoms with Gasteiger partial charge in [0, 0.05) is 0 Å². The van der Waals surface area contributed by atoms with Crippen molar-refractivity contribution in [2.45, 2.75) is 0 Å². The Kier molecular flexibility index (Phi) is 2.29. The fourth-order valence-electron chi connectivity index (χ4n) is 2.34. The smallest absolute Gasteiger partial charge is 0.141 e. The summed E-state index contributed by atoms with van der Waals surface area (Å²) in [5.41, 5.74) is 3.82. The van der Waals surface area contributed by atoms with Crippen LogP contribution in [-0.2, 0) is 0 Å². The van der Waals surface area contributed by atoms with Crippen LogP contribution in [0.3, 0.4) is 0 Å². The highest BCUT2D eigenvalue weighted by molar-refractivity contribution is 5.92. The molecule has 0 aliphatic carbocycles. The van der Waals surface area contributed by atoms with Gasteiger partial charge in [-0.15, -0.1) is 0 Å². The summed E-state index contributed by atoms with van der Waals surface area (Å²) in [7, 11) is 0. The molecule has 0 bridgehead atoms. The number of aromatic nitrogens is 4. The molecule has 2 N–H and O–H groups in total. The zero-order valence-corrected chi connectivity index (χ0v) is 10.7. The molecule has 0 fully saturated rings. The third-order valence-electron chi connectivity index (χ3n) is 3.38. The Bertz CT molecular complexity index is 974. The summed E-state index contributed by atoms with van der Waals surface area (Å²) in [6.45, 7) is 0. The predicted molar refractivity (Wildman–Crippen MR) is 75.9 cm³/mol. The normalized spacial score (nSPS) is 11.0. The summed E-state index contributed by atoms with van der Waals surface area (Å²) in [4.78, 5) is 14.7. The van der Waals surface area contributed by atoms with Crippen LogP contribution in [0.1, 0.15) is 5.56 Å². The Balaban J connectivity index is 1.92. The Morgan fingerprint density at radius 2 is 2.00 bits per heavy atom. The summed E-state index contributed by atoms with van der Waals surface area (Å²) >= 11 is 0. The van der Waals surface area contributed by atoms with Crippen molar-refractivity contribution in [3.05, 3.63) is 48.0 Å². The van der Waals surface area contributed by atoms with E-state index < -0.39 is 5.82 Å². The van der Waals surface area contributed by atoms with Gasteiger partial charge < -0.3 is 9.97 Å². The minimum Gasteiger partial charge on any atom is -0.345 e. The van der Waals surface area contributed by atoms with Crippen molar-refractivity contribution in [1.29, 1.82) is 5.26 Å². The van der Waals surface area contributed by atoms with Crippen molar-refractivity contribution in [2.24, 2.45) is 0 Å². The highest BCUT2D eigenvalue weighted by Gasteiger charge is 2.12. The molecule has 100 valence electrons. The second-order valence-electron chi connectivity index (χ2n) is 4.68. The number of fused-ring (bicyclic) bond motifs is 2. The van der Waals surface area contributed by atoms with Crippen molar-refractivity contribution in [2.75, 3.05) is 0 Å². The standard InChI is InChI=1S/C15H8FN5/c16-10-3-8(6-17)1-2-9(10)15-20-13-4-11-12(19-7-18-11)5-14(13)21-15/h1-5,7H,(H,18,19)(H,20,21). The quantitative estimate of drug-likeness (QED) is 0.561. The Morgan fingerprint density at radius 1 is 1.10 bits per heavy atom. The molecular weight excluding hydrogens is 269 g/mol. The van der Waals surface area contributed by atoms with E-state index in [9.17, 15) is 4.39 Å². The molecule has 0 spiro atoms. The van der Waals surface area contributed by atoms with E-state index in [1.165, 1.54) is 6.07 Å². The van der Waals surface area contributed by atoms with Crippen molar-refractivity contribution in [1.82, 2.24) is 19.9 Å². The lowest BCUT2D eigenvalue weighted by Gasteiger charge is -1.99. The van der Waals surface area contributed by atoms with Crippen molar-refractivity contribution >= 4 is 22.1 Å². The summed E-state index contributed by atoms with van der Waals surface area (Å²) in [6, 6.07) is 9.95. The molecule has 4 aromatic rings. The lowest BCUT2D eigenvalue weighted by molar-refractivity contribution is 0.630. The third-order valence-corrected chi connectivity index (χ3v) is 3.38. The Hall–Kier alpha value is -3.20. The molecule has 0 aliphatic rings. The molecule has 4 rings (SSSR count). The summed E-state index contributed by atoms with van der Waals surface area (Å²) in [6.07, 6.45) is 1.62. The number of imidazole rings is 2. The van der Waals surface area contributed by atoms with Crippen LogP contribution >= 0.6 is 0 Å². The fraction of sp³-hybridized carbons (Fsp3) is 0. The van der Waals surface area contributed by atoms with Gasteiger partial charge >= 0.3 is 0 Å². The summed E-state index contributed by atoms with van der Waals surface area (Å²) in [5, 5.41) is 8.77. The number of nitrogens with zero attached hydrogens (tertiary/aromatic N) is 3. The van der Waals surface area contributed by atoms with Gasteiger partial charge in [-0.25, -0.2) is 14.4 Å². The summed E-state index contributed by atoms with van der Waals surface area (Å²) in [5.74, 6) is -0.0450. The minimum atomic E-state index is -0.475. The molecule has 2 heterocycles. The van der Waals surface area contributed by atoms with Gasteiger partial charge in [-0.05, 0) is 30.3 Å². The van der Waals surface area contributed by atoms with E-state index in [4.69, 9.17) is 5.26 Å². The monoisotopic (exact) mass is 277 g/mol. The van der Waals surface area contributed by atoms with Crippen LogP contribution in [0.2, 0.25) is 0 Å². The molecule has 0 saturated heterocycles. The zero-order chi connectivity index (χ0) is 14.4. The molecule has 0 unspecified atom stereocenters. The average molecular weight is 277 g/mol. The van der Waals surface area contributed by atoms with Crippen LogP contribution in [0.5, 0.6) is 0 Å². The average Bonchev–Trinajstić information content (AvgIpc) is 3.09. The maximum atomic E-state index is 14.0. The topological polar surface area (TPSA) is 81.2 Å². The first kappa shape index (κ1) is 11.6. The minimum absolute atomic E-state index is 0.282. The first-order valence-electron chi connectivity index (χ1n) is 6.27. The number of rotatable bonds is 1. The number of aromatic amines is 2. The van der Waals surface area contributed by atoms with Gasteiger partial charge in [-0.3, -0.25) is 0 Å². The van der Waals surface area contributed by atoms with E-state index in [1.54, 1.807) is 18.5 Å². The molecule has 5 nitrogen and oxygen atoms in total. The molecule has 6 heteroatoms. The van der Waals surface area contributed by atoms with Gasteiger partial charge in [0.15, 0.2) is 0 Å². The number of nitriles is 1. The highest BCUT2D eigenvalue weighted by atomic mass is 19.1. The summed E-state index contributed by atoms with van der Waals surface area (Å²) < 4.78 is 14.0. The molecule has 0 amide bonds. The van der Waals surface area contributed by atoms with Crippen LogP contribution < -0.4 is 0 Å². The Morgan fingerprint density at radius 3 is 2.81 bits per heavy atom. The molecular formula is C15H8FN5. The number of benzene rings is 2. The second kappa shape index (κ2) is 4.15. The van der Waals surface area contributed by atoms with Crippen molar-refractivity contribution < 1.29 is 4.39 Å². The van der Waals surface area contributed by atoms with Gasteiger partial charge in [-0.2, -0.15) is 5.26 Å². The third kappa shape index (κ3) is 1.75. The lowest BCUT2D eigenvalue weighted by Crippen LogP contribution is -1.87. The number of halogens is 1. The molecule has 2 aromatic heterocycles. The number of hydrogen-bond acceptors (Lipinski definition) is 3. The maximum absolute atomic E-state index is 14.0. The van der Waals surface area contributed by atoms with Gasteiger partial charge in [0.1, 0.15) is 11.6 Å². The van der Waals surface area contributed by atoms with Crippen LogP contribution in [-0.4, -0.2) is 19.9 Å². The second-order valence-corrected chi connectivity index (χ2v) is 4.68. The van der Waals surface area contributed by atoms with Gasteiger partial charge in [-0.1, -0.05) is 0 Å². The van der Waals surface area contributed by atoms with Gasteiger partial charge in [0.25, 0.3) is 0 Å². The van der Waals surface area contributed by atoms with Crippen LogP contribution in [0.15, 0.2) is 36.7 Å². The largest absolute Gasteiger partial charge is 0.345 e.